The molecule has 4 aliphatic carbocycles. The minimum atomic E-state index is -0.182. The quantitative estimate of drug-likeness (QED) is 0.287. The topological polar surface area (TPSA) is 26.3 Å². The molecule has 0 spiro atoms. The fraction of sp³-hybridized carbons (Fsp3) is 0.629. The van der Waals surface area contributed by atoms with Crippen LogP contribution in [-0.4, -0.2) is 12.1 Å². The summed E-state index contributed by atoms with van der Waals surface area (Å²) in [5.41, 5.74) is 4.54. The second-order valence-corrected chi connectivity index (χ2v) is 13.6. The molecule has 3 fully saturated rings. The number of allylic oxidation sites excluding steroid dienone is 5. The maximum absolute atomic E-state index is 12.7. The molecule has 0 N–H and O–H groups in total. The van der Waals surface area contributed by atoms with Gasteiger partial charge in [0.25, 0.3) is 0 Å². The van der Waals surface area contributed by atoms with Crippen molar-refractivity contribution in [2.45, 2.75) is 92.6 Å². The molecule has 200 valence electrons. The number of carbonyl (C=O) groups is 1. The van der Waals surface area contributed by atoms with Gasteiger partial charge in [0.2, 0.25) is 0 Å². The first-order valence-corrected chi connectivity index (χ1v) is 15.0. The summed E-state index contributed by atoms with van der Waals surface area (Å²) >= 11 is 0. The van der Waals surface area contributed by atoms with Crippen molar-refractivity contribution in [2.75, 3.05) is 0 Å². The molecule has 1 aromatic rings. The Bertz CT molecular complexity index is 1080. The van der Waals surface area contributed by atoms with Gasteiger partial charge in [-0.2, -0.15) is 0 Å². The summed E-state index contributed by atoms with van der Waals surface area (Å²) in [6.07, 6.45) is 18.3. The molecule has 37 heavy (non-hydrogen) atoms. The van der Waals surface area contributed by atoms with Crippen LogP contribution in [0.5, 0.6) is 0 Å². The minimum absolute atomic E-state index is 0.00688. The Labute approximate surface area is 225 Å². The predicted octanol–water partition coefficient (Wildman–Crippen LogP) is 9.20. The Balaban J connectivity index is 1.31. The fourth-order valence-electron chi connectivity index (χ4n) is 8.47. The van der Waals surface area contributed by atoms with Crippen LogP contribution in [0.25, 0.3) is 0 Å². The molecule has 5 rings (SSSR count). The highest BCUT2D eigenvalue weighted by Gasteiger charge is 2.57. The van der Waals surface area contributed by atoms with Gasteiger partial charge in [0.1, 0.15) is 6.10 Å². The number of benzene rings is 1. The zero-order valence-electron chi connectivity index (χ0n) is 24.0. The molecule has 2 heteroatoms. The molecule has 3 saturated carbocycles. The van der Waals surface area contributed by atoms with E-state index in [1.54, 1.807) is 5.57 Å². The highest BCUT2D eigenvalue weighted by molar-refractivity contribution is 5.89. The Hall–Kier alpha value is -2.09. The average molecular weight is 501 g/mol. The van der Waals surface area contributed by atoms with Crippen molar-refractivity contribution in [2.24, 2.45) is 46.3 Å². The van der Waals surface area contributed by atoms with Gasteiger partial charge >= 0.3 is 5.97 Å². The van der Waals surface area contributed by atoms with Crippen molar-refractivity contribution < 1.29 is 9.53 Å². The zero-order chi connectivity index (χ0) is 26.4. The van der Waals surface area contributed by atoms with Gasteiger partial charge in [-0.3, -0.25) is 0 Å². The van der Waals surface area contributed by atoms with Crippen molar-refractivity contribution in [1.82, 2.24) is 0 Å². The highest BCUT2D eigenvalue weighted by Crippen LogP contribution is 2.66. The summed E-state index contributed by atoms with van der Waals surface area (Å²) in [4.78, 5) is 12.7. The summed E-state index contributed by atoms with van der Waals surface area (Å²) in [6, 6.07) is 9.43. The van der Waals surface area contributed by atoms with Crippen molar-refractivity contribution in [3.63, 3.8) is 0 Å². The Morgan fingerprint density at radius 3 is 2.41 bits per heavy atom. The summed E-state index contributed by atoms with van der Waals surface area (Å²) in [5, 5.41) is 0. The summed E-state index contributed by atoms with van der Waals surface area (Å²) in [7, 11) is 0. The number of hydrogen-bond acceptors (Lipinski definition) is 2. The van der Waals surface area contributed by atoms with Crippen LogP contribution in [0.3, 0.4) is 0 Å². The lowest BCUT2D eigenvalue weighted by atomic mass is 9.50. The van der Waals surface area contributed by atoms with Crippen LogP contribution in [0.1, 0.15) is 96.8 Å². The number of ether oxygens (including phenoxy) is 1. The summed E-state index contributed by atoms with van der Waals surface area (Å²) in [5.74, 6) is 3.97. The zero-order valence-corrected chi connectivity index (χ0v) is 24.0. The maximum Gasteiger partial charge on any atom is 0.338 e. The van der Waals surface area contributed by atoms with E-state index in [2.05, 4.69) is 65.8 Å². The molecule has 2 nitrogen and oxygen atoms in total. The van der Waals surface area contributed by atoms with Crippen LogP contribution in [0, 0.1) is 46.3 Å². The lowest BCUT2D eigenvalue weighted by molar-refractivity contribution is 0.00691. The largest absolute Gasteiger partial charge is 0.458 e. The normalized spacial score (nSPS) is 36.7. The first-order valence-electron chi connectivity index (χ1n) is 15.0. The van der Waals surface area contributed by atoms with Gasteiger partial charge < -0.3 is 4.74 Å². The van der Waals surface area contributed by atoms with Gasteiger partial charge in [-0.1, -0.05) is 95.2 Å². The van der Waals surface area contributed by atoms with Gasteiger partial charge in [-0.15, -0.1) is 0 Å². The van der Waals surface area contributed by atoms with Gasteiger partial charge in [0, 0.05) is 6.42 Å². The van der Waals surface area contributed by atoms with Crippen LogP contribution in [0.2, 0.25) is 0 Å². The van der Waals surface area contributed by atoms with E-state index in [0.29, 0.717) is 34.7 Å². The first-order chi connectivity index (χ1) is 17.6. The van der Waals surface area contributed by atoms with Crippen molar-refractivity contribution in [3.8, 4) is 0 Å². The summed E-state index contributed by atoms with van der Waals surface area (Å²) < 4.78 is 5.98. The van der Waals surface area contributed by atoms with E-state index >= 15 is 0 Å². The number of carbonyl (C=O) groups excluding carboxylic acids is 1. The van der Waals surface area contributed by atoms with E-state index in [4.69, 9.17) is 4.74 Å². The third-order valence-electron chi connectivity index (χ3n) is 11.3. The van der Waals surface area contributed by atoms with Crippen LogP contribution < -0.4 is 0 Å². The van der Waals surface area contributed by atoms with Crippen molar-refractivity contribution in [1.29, 1.82) is 0 Å². The van der Waals surface area contributed by atoms with E-state index in [1.807, 2.05) is 30.3 Å². The van der Waals surface area contributed by atoms with Gasteiger partial charge in [-0.25, -0.2) is 4.79 Å². The lowest BCUT2D eigenvalue weighted by Gasteiger charge is -2.55. The molecule has 0 bridgehead atoms. The van der Waals surface area contributed by atoms with E-state index < -0.39 is 0 Å². The molecule has 0 aromatic heterocycles. The first kappa shape index (κ1) is 26.5. The van der Waals surface area contributed by atoms with E-state index in [9.17, 15) is 4.79 Å². The van der Waals surface area contributed by atoms with Crippen LogP contribution in [0.4, 0.5) is 0 Å². The van der Waals surface area contributed by atoms with E-state index in [0.717, 1.165) is 31.1 Å². The number of rotatable bonds is 6. The molecule has 0 saturated heterocycles. The standard InChI is InChI=1S/C35H48O2/c1-23(2)24(3)12-13-25(4)30-16-17-31-29-15-14-27-22-28(37-33(36)26-10-8-7-9-11-26)18-20-34(27,5)32(29)19-21-35(30,31)6/h7-15,23-25,28,30-32H,16-22H2,1-6H3/b13-12+/t24-,25+,28-,30+,31-,32-,34-,35+/m0/s1. The van der Waals surface area contributed by atoms with Crippen LogP contribution >= 0.6 is 0 Å². The lowest BCUT2D eigenvalue weighted by Crippen LogP contribution is -2.46. The molecule has 4 aliphatic rings. The Kier molecular flexibility index (Phi) is 7.33. The minimum Gasteiger partial charge on any atom is -0.458 e. The Morgan fingerprint density at radius 2 is 1.68 bits per heavy atom. The number of esters is 1. The highest BCUT2D eigenvalue weighted by atomic mass is 16.5. The van der Waals surface area contributed by atoms with Crippen molar-refractivity contribution in [3.05, 3.63) is 71.3 Å². The van der Waals surface area contributed by atoms with E-state index in [-0.39, 0.29) is 17.5 Å². The third-order valence-corrected chi connectivity index (χ3v) is 11.3. The Morgan fingerprint density at radius 1 is 0.919 bits per heavy atom. The predicted molar refractivity (Wildman–Crippen MR) is 153 cm³/mol. The second kappa shape index (κ2) is 10.2. The van der Waals surface area contributed by atoms with Crippen LogP contribution in [0.15, 0.2) is 65.8 Å². The molecular formula is C35H48O2. The SMILES string of the molecule is CC(C)[C@@H](C)/C=C/[C@@H](C)[C@H]1CC[C@H]2C3=CC=C4C[C@@H](OC(=O)c5ccccc5)CC[C@]4(C)[C@H]3CC[C@]12C. The molecule has 0 unspecified atom stereocenters. The van der Waals surface area contributed by atoms with Gasteiger partial charge in [0.05, 0.1) is 5.56 Å². The molecule has 0 aliphatic heterocycles. The number of fused-ring (bicyclic) bond motifs is 5. The molecule has 8 atom stereocenters. The number of hydrogen-bond donors (Lipinski definition) is 0. The monoisotopic (exact) mass is 500 g/mol. The average Bonchev–Trinajstić information content (AvgIpc) is 3.25. The summed E-state index contributed by atoms with van der Waals surface area (Å²) in [6.45, 7) is 14.6. The third kappa shape index (κ3) is 4.79. The van der Waals surface area contributed by atoms with Gasteiger partial charge in [-0.05, 0) is 97.0 Å². The smallest absolute Gasteiger partial charge is 0.338 e. The maximum atomic E-state index is 12.7. The van der Waals surface area contributed by atoms with Crippen LogP contribution in [-0.2, 0) is 4.74 Å². The molecule has 1 aromatic carbocycles. The molecule has 0 amide bonds. The molecule has 0 heterocycles. The van der Waals surface area contributed by atoms with Gasteiger partial charge in [0.15, 0.2) is 0 Å². The fourth-order valence-corrected chi connectivity index (χ4v) is 8.47. The van der Waals surface area contributed by atoms with Crippen molar-refractivity contribution >= 4 is 5.97 Å². The van der Waals surface area contributed by atoms with E-state index in [1.165, 1.54) is 31.3 Å². The second-order valence-electron chi connectivity index (χ2n) is 13.6. The molecular weight excluding hydrogens is 452 g/mol. The molecule has 0 radical (unpaired) electrons.